The molecule has 0 saturated heterocycles. The highest BCUT2D eigenvalue weighted by atomic mass is 32.1. The Kier molecular flexibility index (Phi) is 3.08. The standard InChI is InChI=1S/C13H18N2OS/c1-13(2,3)16-12-9(11(14)17)7-8-5-4-6-10(8)15-12/h7H,4-6H2,1-3H3,(H2,14,17). The molecule has 0 bridgehead atoms. The van der Waals surface area contributed by atoms with Gasteiger partial charge in [0.15, 0.2) is 0 Å². The third-order valence-electron chi connectivity index (χ3n) is 2.68. The molecule has 2 N–H and O–H groups in total. The van der Waals surface area contributed by atoms with Gasteiger partial charge in [-0.25, -0.2) is 4.98 Å². The molecule has 0 atom stereocenters. The summed E-state index contributed by atoms with van der Waals surface area (Å²) in [6.45, 7) is 5.97. The molecule has 0 amide bonds. The maximum Gasteiger partial charge on any atom is 0.224 e. The fraction of sp³-hybridized carbons (Fsp3) is 0.538. The molecule has 1 aliphatic carbocycles. The third-order valence-corrected chi connectivity index (χ3v) is 2.90. The zero-order valence-electron chi connectivity index (χ0n) is 10.5. The molecule has 3 nitrogen and oxygen atoms in total. The molecule has 1 aliphatic rings. The van der Waals surface area contributed by atoms with E-state index in [1.54, 1.807) is 0 Å². The molecule has 0 aromatic carbocycles. The number of nitrogens with zero attached hydrogens (tertiary/aromatic N) is 1. The first-order valence-corrected chi connectivity index (χ1v) is 6.29. The van der Waals surface area contributed by atoms with Crippen molar-refractivity contribution in [3.8, 4) is 5.88 Å². The van der Waals surface area contributed by atoms with Crippen LogP contribution in [0.2, 0.25) is 0 Å². The summed E-state index contributed by atoms with van der Waals surface area (Å²) in [5.41, 5.74) is 8.59. The maximum absolute atomic E-state index is 5.84. The number of nitrogens with two attached hydrogens (primary N) is 1. The largest absolute Gasteiger partial charge is 0.471 e. The lowest BCUT2D eigenvalue weighted by Gasteiger charge is -2.22. The molecule has 17 heavy (non-hydrogen) atoms. The monoisotopic (exact) mass is 250 g/mol. The zero-order valence-corrected chi connectivity index (χ0v) is 11.4. The lowest BCUT2D eigenvalue weighted by Crippen LogP contribution is -2.26. The predicted octanol–water partition coefficient (Wildman–Crippen LogP) is 2.38. The summed E-state index contributed by atoms with van der Waals surface area (Å²) >= 11 is 5.07. The van der Waals surface area contributed by atoms with Crippen molar-refractivity contribution >= 4 is 17.2 Å². The van der Waals surface area contributed by atoms with Gasteiger partial charge in [-0.2, -0.15) is 0 Å². The van der Waals surface area contributed by atoms with Crippen LogP contribution >= 0.6 is 12.2 Å². The normalized spacial score (nSPS) is 14.5. The molecule has 2 rings (SSSR count). The van der Waals surface area contributed by atoms with Crippen LogP contribution in [0.3, 0.4) is 0 Å². The SMILES string of the molecule is CC(C)(C)Oc1nc2c(cc1C(N)=S)CCC2. The number of rotatable bonds is 2. The first-order valence-electron chi connectivity index (χ1n) is 5.88. The molecule has 1 heterocycles. The van der Waals surface area contributed by atoms with E-state index in [2.05, 4.69) is 4.98 Å². The average molecular weight is 250 g/mol. The number of thiocarbonyl (C=S) groups is 1. The maximum atomic E-state index is 5.84. The molecule has 0 unspecified atom stereocenters. The smallest absolute Gasteiger partial charge is 0.224 e. The van der Waals surface area contributed by atoms with E-state index in [4.69, 9.17) is 22.7 Å². The quantitative estimate of drug-likeness (QED) is 0.819. The van der Waals surface area contributed by atoms with Gasteiger partial charge in [0.25, 0.3) is 0 Å². The number of aromatic nitrogens is 1. The van der Waals surface area contributed by atoms with E-state index in [9.17, 15) is 0 Å². The van der Waals surface area contributed by atoms with Crippen LogP contribution in [0.4, 0.5) is 0 Å². The molecule has 0 saturated carbocycles. The number of aryl methyl sites for hydroxylation is 2. The molecule has 4 heteroatoms. The topological polar surface area (TPSA) is 48.1 Å². The molecular formula is C13H18N2OS. The van der Waals surface area contributed by atoms with Gasteiger partial charge >= 0.3 is 0 Å². The van der Waals surface area contributed by atoms with Crippen LogP contribution in [-0.2, 0) is 12.8 Å². The Morgan fingerprint density at radius 2 is 2.12 bits per heavy atom. The van der Waals surface area contributed by atoms with Crippen LogP contribution in [0.5, 0.6) is 5.88 Å². The second kappa shape index (κ2) is 4.26. The Morgan fingerprint density at radius 1 is 1.41 bits per heavy atom. The van der Waals surface area contributed by atoms with Crippen LogP contribution in [0.15, 0.2) is 6.07 Å². The summed E-state index contributed by atoms with van der Waals surface area (Å²) in [6.07, 6.45) is 3.24. The van der Waals surface area contributed by atoms with Crippen molar-refractivity contribution in [2.45, 2.75) is 45.6 Å². The third kappa shape index (κ3) is 2.75. The predicted molar refractivity (Wildman–Crippen MR) is 72.5 cm³/mol. The van der Waals surface area contributed by atoms with Crippen molar-refractivity contribution in [1.82, 2.24) is 4.98 Å². The van der Waals surface area contributed by atoms with Crippen molar-refractivity contribution in [3.63, 3.8) is 0 Å². The van der Waals surface area contributed by atoms with Crippen LogP contribution < -0.4 is 10.5 Å². The first-order chi connectivity index (χ1) is 7.87. The van der Waals surface area contributed by atoms with Crippen molar-refractivity contribution in [1.29, 1.82) is 0 Å². The average Bonchev–Trinajstić information content (AvgIpc) is 2.60. The molecule has 1 aromatic rings. The lowest BCUT2D eigenvalue weighted by molar-refractivity contribution is 0.123. The molecule has 0 spiro atoms. The van der Waals surface area contributed by atoms with E-state index in [1.165, 1.54) is 5.56 Å². The Labute approximate surface area is 107 Å². The molecule has 0 fully saturated rings. The van der Waals surface area contributed by atoms with E-state index in [0.717, 1.165) is 30.5 Å². The summed E-state index contributed by atoms with van der Waals surface area (Å²) in [5, 5.41) is 0. The van der Waals surface area contributed by atoms with Gasteiger partial charge in [-0.1, -0.05) is 12.2 Å². The van der Waals surface area contributed by atoms with Crippen LogP contribution in [0.1, 0.15) is 44.0 Å². The second-order valence-corrected chi connectivity index (χ2v) is 5.82. The Balaban J connectivity index is 2.45. The van der Waals surface area contributed by atoms with Gasteiger partial charge in [-0.3, -0.25) is 0 Å². The Hall–Kier alpha value is -1.16. The van der Waals surface area contributed by atoms with E-state index in [1.807, 2.05) is 26.8 Å². The zero-order chi connectivity index (χ0) is 12.6. The van der Waals surface area contributed by atoms with Gasteiger partial charge in [-0.05, 0) is 51.7 Å². The van der Waals surface area contributed by atoms with Crippen LogP contribution in [0, 0.1) is 0 Å². The van der Waals surface area contributed by atoms with Crippen molar-refractivity contribution in [3.05, 3.63) is 22.9 Å². The van der Waals surface area contributed by atoms with Crippen LogP contribution in [-0.4, -0.2) is 15.6 Å². The summed E-state index contributed by atoms with van der Waals surface area (Å²) in [4.78, 5) is 4.92. The molecule has 0 radical (unpaired) electrons. The van der Waals surface area contributed by atoms with Gasteiger partial charge < -0.3 is 10.5 Å². The second-order valence-electron chi connectivity index (χ2n) is 5.38. The van der Waals surface area contributed by atoms with Gasteiger partial charge in [-0.15, -0.1) is 0 Å². The number of fused-ring (bicyclic) bond motifs is 1. The Morgan fingerprint density at radius 3 is 2.71 bits per heavy atom. The van der Waals surface area contributed by atoms with Crippen LogP contribution in [0.25, 0.3) is 0 Å². The van der Waals surface area contributed by atoms with Crippen molar-refractivity contribution in [2.24, 2.45) is 5.73 Å². The first kappa shape index (κ1) is 12.3. The van der Waals surface area contributed by atoms with E-state index in [0.29, 0.717) is 10.9 Å². The molecule has 0 aliphatic heterocycles. The number of hydrogen-bond donors (Lipinski definition) is 1. The summed E-state index contributed by atoms with van der Waals surface area (Å²) in [6, 6.07) is 2.04. The van der Waals surface area contributed by atoms with Crippen molar-refractivity contribution < 1.29 is 4.74 Å². The van der Waals surface area contributed by atoms with E-state index in [-0.39, 0.29) is 5.60 Å². The van der Waals surface area contributed by atoms with Gasteiger partial charge in [0.05, 0.1) is 5.56 Å². The highest BCUT2D eigenvalue weighted by Crippen LogP contribution is 2.28. The summed E-state index contributed by atoms with van der Waals surface area (Å²) in [5.74, 6) is 0.575. The van der Waals surface area contributed by atoms with Gasteiger partial charge in [0.1, 0.15) is 10.6 Å². The van der Waals surface area contributed by atoms with Gasteiger partial charge in [0.2, 0.25) is 5.88 Å². The van der Waals surface area contributed by atoms with Gasteiger partial charge in [0, 0.05) is 5.69 Å². The molecule has 1 aromatic heterocycles. The Bertz CT molecular complexity index is 463. The summed E-state index contributed by atoms with van der Waals surface area (Å²) < 4.78 is 5.84. The minimum atomic E-state index is -0.292. The summed E-state index contributed by atoms with van der Waals surface area (Å²) in [7, 11) is 0. The number of ether oxygens (including phenoxy) is 1. The highest BCUT2D eigenvalue weighted by molar-refractivity contribution is 7.80. The minimum Gasteiger partial charge on any atom is -0.471 e. The van der Waals surface area contributed by atoms with Crippen molar-refractivity contribution in [2.75, 3.05) is 0 Å². The number of pyridine rings is 1. The lowest BCUT2D eigenvalue weighted by atomic mass is 10.1. The van der Waals surface area contributed by atoms with E-state index >= 15 is 0 Å². The fourth-order valence-electron chi connectivity index (χ4n) is 2.00. The molecule has 92 valence electrons. The number of hydrogen-bond acceptors (Lipinski definition) is 3. The minimum absolute atomic E-state index is 0.292. The molecular weight excluding hydrogens is 232 g/mol. The van der Waals surface area contributed by atoms with E-state index < -0.39 is 0 Å². The fourth-order valence-corrected chi connectivity index (χ4v) is 2.14. The highest BCUT2D eigenvalue weighted by Gasteiger charge is 2.22.